The molecule has 0 saturated carbocycles. The van der Waals surface area contributed by atoms with E-state index in [0.29, 0.717) is 14.9 Å². The van der Waals surface area contributed by atoms with Gasteiger partial charge in [-0.3, -0.25) is 0 Å². The highest BCUT2D eigenvalue weighted by Crippen LogP contribution is 2.33. The Balaban J connectivity index is 3.24. The fraction of sp³-hybridized carbons (Fsp3) is 0.500. The Morgan fingerprint density at radius 1 is 1.24 bits per heavy atom. The molecule has 0 saturated heterocycles. The van der Waals surface area contributed by atoms with Crippen LogP contribution >= 0.6 is 23.2 Å². The van der Waals surface area contributed by atoms with Gasteiger partial charge in [0.2, 0.25) is 0 Å². The van der Waals surface area contributed by atoms with Crippen LogP contribution in [0.2, 0.25) is 10.0 Å². The first-order valence-corrected chi connectivity index (χ1v) is 7.19. The summed E-state index contributed by atoms with van der Waals surface area (Å²) in [4.78, 5) is 0.464. The SMILES string of the molecule is Cc1cc(Cl)c(S(=O)NC(C)(C)C)c(Cl)c1C. The summed E-state index contributed by atoms with van der Waals surface area (Å²) in [5, 5.41) is 0.915. The van der Waals surface area contributed by atoms with Crippen LogP contribution in [0, 0.1) is 13.8 Å². The maximum absolute atomic E-state index is 12.2. The molecule has 0 heterocycles. The first kappa shape index (κ1) is 15.0. The summed E-state index contributed by atoms with van der Waals surface area (Å²) >= 11 is 12.3. The largest absolute Gasteiger partial charge is 0.237 e. The fourth-order valence-corrected chi connectivity index (χ4v) is 3.50. The lowest BCUT2D eigenvalue weighted by atomic mass is 10.1. The highest BCUT2D eigenvalue weighted by Gasteiger charge is 2.21. The minimum Gasteiger partial charge on any atom is -0.237 e. The average molecular weight is 294 g/mol. The van der Waals surface area contributed by atoms with E-state index in [9.17, 15) is 4.21 Å². The Bertz CT molecular complexity index is 467. The second kappa shape index (κ2) is 5.27. The van der Waals surface area contributed by atoms with Gasteiger partial charge in [-0.25, -0.2) is 8.93 Å². The van der Waals surface area contributed by atoms with E-state index >= 15 is 0 Å². The molecular formula is C12H17Cl2NOS. The van der Waals surface area contributed by atoms with Gasteiger partial charge in [0.1, 0.15) is 11.0 Å². The lowest BCUT2D eigenvalue weighted by molar-refractivity contribution is 0.519. The molecule has 0 spiro atoms. The monoisotopic (exact) mass is 293 g/mol. The standard InChI is InChI=1S/C12H17Cl2NOS/c1-7-6-9(13)11(10(14)8(7)2)17(16)15-12(3,4)5/h6,15H,1-5H3. The number of rotatable bonds is 2. The normalized spacial score (nSPS) is 13.8. The van der Waals surface area contributed by atoms with E-state index in [2.05, 4.69) is 4.72 Å². The van der Waals surface area contributed by atoms with Crippen LogP contribution in [0.5, 0.6) is 0 Å². The van der Waals surface area contributed by atoms with Crippen molar-refractivity contribution in [1.82, 2.24) is 4.72 Å². The number of nitrogens with one attached hydrogen (secondary N) is 1. The molecule has 0 aliphatic heterocycles. The molecule has 0 aliphatic carbocycles. The summed E-state index contributed by atoms with van der Waals surface area (Å²) in [5.41, 5.74) is 1.64. The topological polar surface area (TPSA) is 29.1 Å². The van der Waals surface area contributed by atoms with Gasteiger partial charge in [0, 0.05) is 5.54 Å². The smallest absolute Gasteiger partial charge is 0.128 e. The van der Waals surface area contributed by atoms with Crippen LogP contribution in [0.4, 0.5) is 0 Å². The highest BCUT2D eigenvalue weighted by atomic mass is 35.5. The molecule has 0 amide bonds. The Labute approximate surface area is 115 Å². The Morgan fingerprint density at radius 3 is 2.24 bits per heavy atom. The molecule has 0 fully saturated rings. The van der Waals surface area contributed by atoms with Crippen LogP contribution in [0.25, 0.3) is 0 Å². The predicted molar refractivity (Wildman–Crippen MR) is 75.2 cm³/mol. The summed E-state index contributed by atoms with van der Waals surface area (Å²) < 4.78 is 15.2. The Morgan fingerprint density at radius 2 is 1.76 bits per heavy atom. The lowest BCUT2D eigenvalue weighted by Crippen LogP contribution is -2.37. The quantitative estimate of drug-likeness (QED) is 0.877. The van der Waals surface area contributed by atoms with Crippen molar-refractivity contribution in [3.05, 3.63) is 27.2 Å². The van der Waals surface area contributed by atoms with E-state index < -0.39 is 11.0 Å². The second-order valence-electron chi connectivity index (χ2n) is 5.06. The molecule has 0 radical (unpaired) electrons. The van der Waals surface area contributed by atoms with Crippen molar-refractivity contribution in [3.8, 4) is 0 Å². The minimum absolute atomic E-state index is 0.268. The molecule has 5 heteroatoms. The van der Waals surface area contributed by atoms with Crippen molar-refractivity contribution in [1.29, 1.82) is 0 Å². The van der Waals surface area contributed by atoms with E-state index in [4.69, 9.17) is 23.2 Å². The Hall–Kier alpha value is -0.0900. The van der Waals surface area contributed by atoms with Crippen LogP contribution < -0.4 is 4.72 Å². The zero-order chi connectivity index (χ0) is 13.4. The highest BCUT2D eigenvalue weighted by molar-refractivity contribution is 7.83. The number of halogens is 2. The second-order valence-corrected chi connectivity index (χ2v) is 7.00. The number of hydrogen-bond acceptors (Lipinski definition) is 1. The summed E-state index contributed by atoms with van der Waals surface area (Å²) in [6.07, 6.45) is 0. The van der Waals surface area contributed by atoms with Gasteiger partial charge in [-0.2, -0.15) is 0 Å². The third kappa shape index (κ3) is 3.68. The van der Waals surface area contributed by atoms with E-state index in [1.807, 2.05) is 34.6 Å². The van der Waals surface area contributed by atoms with E-state index in [-0.39, 0.29) is 5.54 Å². The zero-order valence-corrected chi connectivity index (χ0v) is 13.0. The van der Waals surface area contributed by atoms with Gasteiger partial charge in [-0.05, 0) is 51.8 Å². The molecule has 1 rings (SSSR count). The fourth-order valence-electron chi connectivity index (χ4n) is 1.31. The maximum atomic E-state index is 12.2. The first-order valence-electron chi connectivity index (χ1n) is 5.28. The molecule has 0 aliphatic rings. The minimum atomic E-state index is -1.41. The molecule has 0 aromatic heterocycles. The van der Waals surface area contributed by atoms with E-state index in [1.54, 1.807) is 6.07 Å². The van der Waals surface area contributed by atoms with Crippen LogP contribution in [-0.2, 0) is 11.0 Å². The lowest BCUT2D eigenvalue weighted by Gasteiger charge is -2.21. The van der Waals surface area contributed by atoms with Crippen LogP contribution in [0.1, 0.15) is 31.9 Å². The molecule has 2 nitrogen and oxygen atoms in total. The molecular weight excluding hydrogens is 277 g/mol. The van der Waals surface area contributed by atoms with E-state index in [1.165, 1.54) is 0 Å². The van der Waals surface area contributed by atoms with Crippen molar-refractivity contribution < 1.29 is 4.21 Å². The van der Waals surface area contributed by atoms with Crippen molar-refractivity contribution in [3.63, 3.8) is 0 Å². The first-order chi connectivity index (χ1) is 7.63. The van der Waals surface area contributed by atoms with Gasteiger partial charge in [0.05, 0.1) is 14.9 Å². The summed E-state index contributed by atoms with van der Waals surface area (Å²) in [7, 11) is -1.41. The van der Waals surface area contributed by atoms with Gasteiger partial charge in [-0.15, -0.1) is 0 Å². The summed E-state index contributed by atoms with van der Waals surface area (Å²) in [6, 6.07) is 1.79. The molecule has 17 heavy (non-hydrogen) atoms. The third-order valence-corrected chi connectivity index (χ3v) is 4.85. The molecule has 1 atom stereocenters. The molecule has 1 aromatic rings. The van der Waals surface area contributed by atoms with Crippen LogP contribution in [0.15, 0.2) is 11.0 Å². The van der Waals surface area contributed by atoms with Crippen LogP contribution in [-0.4, -0.2) is 9.75 Å². The van der Waals surface area contributed by atoms with Crippen molar-refractivity contribution in [2.75, 3.05) is 0 Å². The van der Waals surface area contributed by atoms with Gasteiger partial charge in [0.25, 0.3) is 0 Å². The Kier molecular flexibility index (Phi) is 4.64. The third-order valence-electron chi connectivity index (χ3n) is 2.26. The maximum Gasteiger partial charge on any atom is 0.128 e. The number of benzene rings is 1. The van der Waals surface area contributed by atoms with E-state index in [0.717, 1.165) is 11.1 Å². The predicted octanol–water partition coefficient (Wildman–Crippen LogP) is 4.02. The molecule has 96 valence electrons. The molecule has 1 aromatic carbocycles. The average Bonchev–Trinajstić information content (AvgIpc) is 2.11. The summed E-state index contributed by atoms with van der Waals surface area (Å²) in [5.74, 6) is 0. The summed E-state index contributed by atoms with van der Waals surface area (Å²) in [6.45, 7) is 9.64. The number of hydrogen-bond donors (Lipinski definition) is 1. The van der Waals surface area contributed by atoms with Crippen molar-refractivity contribution >= 4 is 34.2 Å². The van der Waals surface area contributed by atoms with Crippen LogP contribution in [0.3, 0.4) is 0 Å². The van der Waals surface area contributed by atoms with Crippen molar-refractivity contribution in [2.45, 2.75) is 45.1 Å². The van der Waals surface area contributed by atoms with Gasteiger partial charge < -0.3 is 0 Å². The van der Waals surface area contributed by atoms with Gasteiger partial charge in [0.15, 0.2) is 0 Å². The van der Waals surface area contributed by atoms with Gasteiger partial charge in [-0.1, -0.05) is 23.2 Å². The molecule has 1 unspecified atom stereocenters. The molecule has 0 bridgehead atoms. The van der Waals surface area contributed by atoms with Gasteiger partial charge >= 0.3 is 0 Å². The molecule has 1 N–H and O–H groups in total. The van der Waals surface area contributed by atoms with Crippen molar-refractivity contribution in [2.24, 2.45) is 0 Å². The number of aryl methyl sites for hydroxylation is 1. The zero-order valence-electron chi connectivity index (χ0n) is 10.6.